The van der Waals surface area contributed by atoms with Crippen molar-refractivity contribution in [2.45, 2.75) is 52.6 Å². The van der Waals surface area contributed by atoms with Crippen LogP contribution in [0.15, 0.2) is 54.6 Å². The Bertz CT molecular complexity index is 781. The van der Waals surface area contributed by atoms with Crippen LogP contribution in [0.4, 0.5) is 4.79 Å². The average molecular weight is 399 g/mol. The summed E-state index contributed by atoms with van der Waals surface area (Å²) in [5.41, 5.74) is 2.28. The van der Waals surface area contributed by atoms with Crippen molar-refractivity contribution in [3.63, 3.8) is 0 Å². The Morgan fingerprint density at radius 1 is 0.931 bits per heavy atom. The maximum atomic E-state index is 12.6. The largest absolute Gasteiger partial charge is 0.459 e. The van der Waals surface area contributed by atoms with Gasteiger partial charge >= 0.3 is 12.1 Å². The molecule has 156 valence electrons. The molecule has 2 aromatic carbocycles. The zero-order valence-electron chi connectivity index (χ0n) is 17.4. The lowest BCUT2D eigenvalue weighted by molar-refractivity contribution is -0.149. The molecule has 0 unspecified atom stereocenters. The molecule has 0 bridgehead atoms. The van der Waals surface area contributed by atoms with Crippen LogP contribution in [-0.4, -0.2) is 30.3 Å². The number of alkyl carbamates (subject to hydrolysis) is 1. The number of nitrogens with one attached hydrogen (secondary N) is 1. The highest BCUT2D eigenvalue weighted by atomic mass is 16.6. The van der Waals surface area contributed by atoms with E-state index in [0.29, 0.717) is 6.61 Å². The van der Waals surface area contributed by atoms with Gasteiger partial charge in [0.2, 0.25) is 0 Å². The summed E-state index contributed by atoms with van der Waals surface area (Å²) in [4.78, 5) is 24.7. The van der Waals surface area contributed by atoms with Crippen LogP contribution in [0.1, 0.15) is 37.5 Å². The molecule has 0 aliphatic heterocycles. The SMILES string of the molecule is Cc1ccc(COC(=O)[C@H](COCc2ccccc2)NC(=O)OC(C)(C)C)cc1. The number of amides is 1. The molecule has 0 aliphatic carbocycles. The Morgan fingerprint density at radius 2 is 1.55 bits per heavy atom. The van der Waals surface area contributed by atoms with Gasteiger partial charge in [0, 0.05) is 0 Å². The van der Waals surface area contributed by atoms with Crippen molar-refractivity contribution in [3.05, 3.63) is 71.3 Å². The third kappa shape index (κ3) is 8.79. The summed E-state index contributed by atoms with van der Waals surface area (Å²) < 4.78 is 16.3. The van der Waals surface area contributed by atoms with E-state index in [1.807, 2.05) is 61.5 Å². The highest BCUT2D eigenvalue weighted by Crippen LogP contribution is 2.09. The number of hydrogen-bond acceptors (Lipinski definition) is 5. The van der Waals surface area contributed by atoms with E-state index in [4.69, 9.17) is 14.2 Å². The van der Waals surface area contributed by atoms with Crippen molar-refractivity contribution in [2.75, 3.05) is 6.61 Å². The lowest BCUT2D eigenvalue weighted by atomic mass is 10.2. The van der Waals surface area contributed by atoms with Gasteiger partial charge in [-0.3, -0.25) is 0 Å². The molecule has 0 radical (unpaired) electrons. The molecular weight excluding hydrogens is 370 g/mol. The monoisotopic (exact) mass is 399 g/mol. The predicted octanol–water partition coefficient (Wildman–Crippen LogP) is 4.15. The summed E-state index contributed by atoms with van der Waals surface area (Å²) in [7, 11) is 0. The number of rotatable bonds is 8. The van der Waals surface area contributed by atoms with Crippen molar-refractivity contribution in [2.24, 2.45) is 0 Å². The van der Waals surface area contributed by atoms with Crippen LogP contribution in [0.25, 0.3) is 0 Å². The molecule has 0 aliphatic rings. The second kappa shape index (κ2) is 10.6. The number of carbonyl (C=O) groups is 2. The van der Waals surface area contributed by atoms with Gasteiger partial charge in [-0.2, -0.15) is 0 Å². The van der Waals surface area contributed by atoms with Crippen molar-refractivity contribution in [1.29, 1.82) is 0 Å². The third-order valence-corrected chi connectivity index (χ3v) is 3.87. The molecule has 0 fully saturated rings. The summed E-state index contributed by atoms with van der Waals surface area (Å²) in [5, 5.41) is 2.54. The third-order valence-electron chi connectivity index (χ3n) is 3.87. The number of esters is 1. The molecule has 29 heavy (non-hydrogen) atoms. The van der Waals surface area contributed by atoms with Gasteiger partial charge < -0.3 is 19.5 Å². The first-order chi connectivity index (χ1) is 13.7. The van der Waals surface area contributed by atoms with Gasteiger partial charge in [0.15, 0.2) is 6.04 Å². The Morgan fingerprint density at radius 3 is 2.17 bits per heavy atom. The maximum Gasteiger partial charge on any atom is 0.408 e. The first-order valence-corrected chi connectivity index (χ1v) is 9.56. The molecule has 0 aromatic heterocycles. The van der Waals surface area contributed by atoms with Crippen molar-refractivity contribution in [1.82, 2.24) is 5.32 Å². The zero-order valence-corrected chi connectivity index (χ0v) is 17.4. The molecule has 1 amide bonds. The molecule has 1 N–H and O–H groups in total. The second-order valence-corrected chi connectivity index (χ2v) is 7.79. The molecule has 0 saturated heterocycles. The van der Waals surface area contributed by atoms with Crippen molar-refractivity contribution >= 4 is 12.1 Å². The molecule has 6 nitrogen and oxygen atoms in total. The normalized spacial score (nSPS) is 12.1. The maximum absolute atomic E-state index is 12.6. The number of aryl methyl sites for hydroxylation is 1. The highest BCUT2D eigenvalue weighted by molar-refractivity contribution is 5.81. The molecule has 1 atom stereocenters. The molecule has 0 saturated carbocycles. The first kappa shape index (κ1) is 22.4. The molecule has 2 rings (SSSR count). The Kier molecular flexibility index (Phi) is 8.21. The molecule has 2 aromatic rings. The van der Waals surface area contributed by atoms with E-state index in [2.05, 4.69) is 5.32 Å². The standard InChI is InChI=1S/C23H29NO5/c1-17-10-12-19(13-11-17)15-28-21(25)20(24-22(26)29-23(2,3)4)16-27-14-18-8-6-5-7-9-18/h5-13,20H,14-16H2,1-4H3,(H,24,26)/t20-/m0/s1. The van der Waals surface area contributed by atoms with Crippen LogP contribution in [0, 0.1) is 6.92 Å². The van der Waals surface area contributed by atoms with Crippen LogP contribution in [0.3, 0.4) is 0 Å². The first-order valence-electron chi connectivity index (χ1n) is 9.56. The van der Waals surface area contributed by atoms with E-state index in [9.17, 15) is 9.59 Å². The second-order valence-electron chi connectivity index (χ2n) is 7.79. The van der Waals surface area contributed by atoms with Crippen molar-refractivity contribution in [3.8, 4) is 0 Å². The minimum Gasteiger partial charge on any atom is -0.459 e. The van der Waals surface area contributed by atoms with Gasteiger partial charge in [-0.25, -0.2) is 9.59 Å². The van der Waals surface area contributed by atoms with E-state index in [0.717, 1.165) is 16.7 Å². The van der Waals surface area contributed by atoms with Crippen LogP contribution >= 0.6 is 0 Å². The smallest absolute Gasteiger partial charge is 0.408 e. The molecule has 6 heteroatoms. The van der Waals surface area contributed by atoms with Gasteiger partial charge in [0.05, 0.1) is 13.2 Å². The van der Waals surface area contributed by atoms with E-state index >= 15 is 0 Å². The fraction of sp³-hybridized carbons (Fsp3) is 0.391. The van der Waals surface area contributed by atoms with Crippen molar-refractivity contribution < 1.29 is 23.8 Å². The summed E-state index contributed by atoms with van der Waals surface area (Å²) in [6.45, 7) is 7.65. The Labute approximate surface area is 172 Å². The topological polar surface area (TPSA) is 73.9 Å². The van der Waals surface area contributed by atoms with E-state index in [1.54, 1.807) is 20.8 Å². The van der Waals surface area contributed by atoms with Gasteiger partial charge in [-0.05, 0) is 38.8 Å². The average Bonchev–Trinajstić information content (AvgIpc) is 2.66. The van der Waals surface area contributed by atoms with Gasteiger partial charge in [-0.1, -0.05) is 60.2 Å². The Balaban J connectivity index is 1.94. The summed E-state index contributed by atoms with van der Waals surface area (Å²) in [5.74, 6) is -0.579. The van der Waals surface area contributed by atoms with E-state index in [1.165, 1.54) is 0 Å². The number of carbonyl (C=O) groups excluding carboxylic acids is 2. The van der Waals surface area contributed by atoms with Crippen LogP contribution in [0.2, 0.25) is 0 Å². The van der Waals surface area contributed by atoms with Crippen LogP contribution in [0.5, 0.6) is 0 Å². The van der Waals surface area contributed by atoms with Crippen LogP contribution < -0.4 is 5.32 Å². The summed E-state index contributed by atoms with van der Waals surface area (Å²) >= 11 is 0. The Hall–Kier alpha value is -2.86. The van der Waals surface area contributed by atoms with Crippen LogP contribution in [-0.2, 0) is 32.2 Å². The highest BCUT2D eigenvalue weighted by Gasteiger charge is 2.26. The van der Waals surface area contributed by atoms with E-state index < -0.39 is 23.7 Å². The number of ether oxygens (including phenoxy) is 3. The quantitative estimate of drug-likeness (QED) is 0.675. The lowest BCUT2D eigenvalue weighted by Crippen LogP contribution is -2.46. The van der Waals surface area contributed by atoms with Gasteiger partial charge in [0.25, 0.3) is 0 Å². The summed E-state index contributed by atoms with van der Waals surface area (Å²) in [6, 6.07) is 16.3. The molecule has 0 spiro atoms. The predicted molar refractivity (Wildman–Crippen MR) is 110 cm³/mol. The van der Waals surface area contributed by atoms with E-state index in [-0.39, 0.29) is 13.2 Å². The fourth-order valence-electron chi connectivity index (χ4n) is 2.43. The molecular formula is C23H29NO5. The zero-order chi connectivity index (χ0) is 21.3. The summed E-state index contributed by atoms with van der Waals surface area (Å²) in [6.07, 6.45) is -0.696. The minimum atomic E-state index is -0.973. The molecule has 0 heterocycles. The fourth-order valence-corrected chi connectivity index (χ4v) is 2.43. The number of benzene rings is 2. The number of hydrogen-bond donors (Lipinski definition) is 1. The van der Waals surface area contributed by atoms with Gasteiger partial charge in [-0.15, -0.1) is 0 Å². The van der Waals surface area contributed by atoms with Gasteiger partial charge in [0.1, 0.15) is 12.2 Å². The lowest BCUT2D eigenvalue weighted by Gasteiger charge is -2.23. The minimum absolute atomic E-state index is 0.0269.